The molecule has 0 amide bonds. The summed E-state index contributed by atoms with van der Waals surface area (Å²) >= 11 is 0. The number of Topliss-reactive ketones (excluding diaryl/α,β-unsaturated/α-hetero) is 1. The van der Waals surface area contributed by atoms with Crippen LogP contribution in [0.2, 0.25) is 0 Å². The van der Waals surface area contributed by atoms with Crippen LogP contribution in [0.15, 0.2) is 23.8 Å². The van der Waals surface area contributed by atoms with Gasteiger partial charge < -0.3 is 14.6 Å². The molecule has 0 radical (unpaired) electrons. The van der Waals surface area contributed by atoms with Crippen molar-refractivity contribution in [2.75, 3.05) is 6.61 Å². The molecule has 1 heterocycles. The van der Waals surface area contributed by atoms with Crippen molar-refractivity contribution in [2.45, 2.75) is 70.7 Å². The van der Waals surface area contributed by atoms with Crippen molar-refractivity contribution in [1.29, 1.82) is 0 Å². The monoisotopic (exact) mass is 414 g/mol. The molecule has 6 unspecified atom stereocenters. The van der Waals surface area contributed by atoms with Crippen LogP contribution >= 0.6 is 0 Å². The zero-order chi connectivity index (χ0) is 21.7. The van der Waals surface area contributed by atoms with Gasteiger partial charge in [0.05, 0.1) is 6.10 Å². The molecule has 0 bridgehead atoms. The van der Waals surface area contributed by atoms with E-state index >= 15 is 0 Å². The minimum absolute atomic E-state index is 0.0614. The lowest BCUT2D eigenvalue weighted by molar-refractivity contribution is -0.170. The molecule has 30 heavy (non-hydrogen) atoms. The number of epoxide rings is 1. The highest BCUT2D eigenvalue weighted by Crippen LogP contribution is 2.75. The van der Waals surface area contributed by atoms with Crippen molar-refractivity contribution in [1.82, 2.24) is 0 Å². The minimum Gasteiger partial charge on any atom is -0.458 e. The van der Waals surface area contributed by atoms with E-state index in [0.717, 1.165) is 18.4 Å². The summed E-state index contributed by atoms with van der Waals surface area (Å²) in [5.74, 6) is -0.754. The number of ketones is 2. The van der Waals surface area contributed by atoms with Gasteiger partial charge in [-0.3, -0.25) is 14.4 Å². The molecule has 1 N–H and O–H groups in total. The van der Waals surface area contributed by atoms with Crippen LogP contribution in [0.1, 0.15) is 53.4 Å². The first-order chi connectivity index (χ1) is 14.0. The Labute approximate surface area is 176 Å². The molecule has 0 aromatic rings. The van der Waals surface area contributed by atoms with Gasteiger partial charge in [-0.15, -0.1) is 0 Å². The highest BCUT2D eigenvalue weighted by atomic mass is 16.6. The molecule has 8 atom stereocenters. The summed E-state index contributed by atoms with van der Waals surface area (Å²) in [7, 11) is 0. The van der Waals surface area contributed by atoms with Gasteiger partial charge in [0.2, 0.25) is 5.78 Å². The van der Waals surface area contributed by atoms with E-state index in [1.54, 1.807) is 6.08 Å². The third kappa shape index (κ3) is 2.14. The molecule has 5 aliphatic rings. The summed E-state index contributed by atoms with van der Waals surface area (Å²) < 4.78 is 11.4. The number of fused-ring (bicyclic) bond motifs is 3. The maximum Gasteiger partial charge on any atom is 0.303 e. The van der Waals surface area contributed by atoms with Crippen LogP contribution in [0.5, 0.6) is 0 Å². The van der Waals surface area contributed by atoms with Gasteiger partial charge >= 0.3 is 5.97 Å². The van der Waals surface area contributed by atoms with Crippen molar-refractivity contribution >= 4 is 17.5 Å². The highest BCUT2D eigenvalue weighted by Gasteiger charge is 2.81. The number of rotatable bonds is 3. The molecule has 0 aromatic carbocycles. The average molecular weight is 414 g/mol. The molecule has 3 fully saturated rings. The maximum absolute atomic E-state index is 13.1. The summed E-state index contributed by atoms with van der Waals surface area (Å²) in [6.07, 6.45) is 8.41. The Hall–Kier alpha value is -1.79. The molecule has 1 spiro atoms. The maximum atomic E-state index is 13.1. The van der Waals surface area contributed by atoms with E-state index in [1.807, 2.05) is 19.9 Å². The van der Waals surface area contributed by atoms with Gasteiger partial charge in [-0.2, -0.15) is 0 Å². The lowest BCUT2D eigenvalue weighted by Crippen LogP contribution is -2.62. The van der Waals surface area contributed by atoms with E-state index in [4.69, 9.17) is 9.47 Å². The fraction of sp³-hybridized carbons (Fsp3) is 0.708. The van der Waals surface area contributed by atoms with Crippen molar-refractivity contribution in [3.8, 4) is 0 Å². The summed E-state index contributed by atoms with van der Waals surface area (Å²) in [6, 6.07) is 0. The second-order valence-electron chi connectivity index (χ2n) is 10.5. The zero-order valence-corrected chi connectivity index (χ0v) is 18.1. The Morgan fingerprint density at radius 1 is 1.30 bits per heavy atom. The molecule has 162 valence electrons. The smallest absolute Gasteiger partial charge is 0.303 e. The highest BCUT2D eigenvalue weighted by molar-refractivity contribution is 5.94. The van der Waals surface area contributed by atoms with Crippen molar-refractivity contribution in [3.05, 3.63) is 23.8 Å². The number of carbonyl (C=O) groups excluding carboxylic acids is 3. The lowest BCUT2D eigenvalue weighted by Gasteiger charge is -2.54. The summed E-state index contributed by atoms with van der Waals surface area (Å²) in [4.78, 5) is 36.4. The van der Waals surface area contributed by atoms with Crippen molar-refractivity contribution < 1.29 is 29.0 Å². The van der Waals surface area contributed by atoms with E-state index in [1.165, 1.54) is 6.92 Å². The molecule has 6 heteroatoms. The lowest BCUT2D eigenvalue weighted by atomic mass is 9.47. The number of hydrogen-bond acceptors (Lipinski definition) is 6. The van der Waals surface area contributed by atoms with Crippen LogP contribution in [0.25, 0.3) is 0 Å². The van der Waals surface area contributed by atoms with E-state index in [-0.39, 0.29) is 40.7 Å². The normalized spacial score (nSPS) is 50.6. The van der Waals surface area contributed by atoms with Crippen LogP contribution in [-0.2, 0) is 23.9 Å². The number of esters is 1. The van der Waals surface area contributed by atoms with Crippen molar-refractivity contribution in [3.63, 3.8) is 0 Å². The summed E-state index contributed by atoms with van der Waals surface area (Å²) in [5, 5.41) is 11.8. The molecular weight excluding hydrogens is 384 g/mol. The first kappa shape index (κ1) is 20.1. The van der Waals surface area contributed by atoms with E-state index in [9.17, 15) is 19.5 Å². The molecule has 1 aliphatic heterocycles. The summed E-state index contributed by atoms with van der Waals surface area (Å²) in [6.45, 7) is 6.99. The van der Waals surface area contributed by atoms with Gasteiger partial charge in [-0.05, 0) is 50.0 Å². The van der Waals surface area contributed by atoms with Gasteiger partial charge in [0.15, 0.2) is 12.4 Å². The predicted molar refractivity (Wildman–Crippen MR) is 107 cm³/mol. The Morgan fingerprint density at radius 2 is 2.03 bits per heavy atom. The Balaban J connectivity index is 1.53. The van der Waals surface area contributed by atoms with E-state index in [0.29, 0.717) is 12.8 Å². The average Bonchev–Trinajstić information content (AvgIpc) is 3.36. The van der Waals surface area contributed by atoms with E-state index in [2.05, 4.69) is 13.0 Å². The van der Waals surface area contributed by atoms with Crippen LogP contribution in [0.4, 0.5) is 0 Å². The standard InChI is InChI=1S/C24H30O6/c1-13-9-18-17-6-5-15-10-16(26)7-8-21(15,3)24(17)20(30-24)11-22(18,4)23(13,28)19(27)12-29-14(2)25/h5,7-8,13,17-18,20,28H,6,9-12H2,1-4H3/t13-,17?,18?,20?,21?,22?,23+,24?/m1/s1. The first-order valence-corrected chi connectivity index (χ1v) is 11.0. The number of ether oxygens (including phenoxy) is 2. The van der Waals surface area contributed by atoms with Gasteiger partial charge in [-0.1, -0.05) is 31.6 Å². The Morgan fingerprint density at radius 3 is 2.73 bits per heavy atom. The van der Waals surface area contributed by atoms with Crippen LogP contribution in [-0.4, -0.2) is 46.6 Å². The van der Waals surface area contributed by atoms with Gasteiger partial charge in [0, 0.05) is 24.2 Å². The van der Waals surface area contributed by atoms with Gasteiger partial charge in [0.25, 0.3) is 0 Å². The number of carbonyl (C=O) groups is 3. The molecule has 2 saturated carbocycles. The molecule has 1 saturated heterocycles. The molecule has 4 aliphatic carbocycles. The first-order valence-electron chi connectivity index (χ1n) is 11.0. The number of allylic oxidation sites excluding steroid dienone is 2. The Bertz CT molecular complexity index is 919. The van der Waals surface area contributed by atoms with Crippen molar-refractivity contribution in [2.24, 2.45) is 28.6 Å². The fourth-order valence-corrected chi connectivity index (χ4v) is 7.76. The fourth-order valence-electron chi connectivity index (χ4n) is 7.76. The third-order valence-electron chi connectivity index (χ3n) is 9.31. The third-order valence-corrected chi connectivity index (χ3v) is 9.31. The number of hydrogen-bond donors (Lipinski definition) is 1. The molecule has 6 nitrogen and oxygen atoms in total. The SMILES string of the molecule is CC(=O)OCC(=O)[C@@]1(O)[C@H](C)CC2C3CC=C4CC(=O)C=CC4(C)C34OC4CC21C. The zero-order valence-electron chi connectivity index (χ0n) is 18.1. The largest absolute Gasteiger partial charge is 0.458 e. The molecular formula is C24H30O6. The van der Waals surface area contributed by atoms with E-state index < -0.39 is 29.4 Å². The molecule has 5 rings (SSSR count). The van der Waals surface area contributed by atoms with Gasteiger partial charge in [-0.25, -0.2) is 0 Å². The quantitative estimate of drug-likeness (QED) is 0.433. The van der Waals surface area contributed by atoms with Crippen LogP contribution < -0.4 is 0 Å². The topological polar surface area (TPSA) is 93.2 Å². The predicted octanol–water partition coefficient (Wildman–Crippen LogP) is 2.53. The number of aliphatic hydroxyl groups is 1. The molecule has 0 aromatic heterocycles. The Kier molecular flexibility index (Phi) is 3.97. The van der Waals surface area contributed by atoms with Crippen LogP contribution in [0.3, 0.4) is 0 Å². The summed E-state index contributed by atoms with van der Waals surface area (Å²) in [5.41, 5.74) is -1.72. The van der Waals surface area contributed by atoms with Gasteiger partial charge in [0.1, 0.15) is 11.2 Å². The minimum atomic E-state index is -1.55. The second kappa shape index (κ2) is 5.92. The van der Waals surface area contributed by atoms with Crippen LogP contribution in [0, 0.1) is 28.6 Å². The second-order valence-corrected chi connectivity index (χ2v) is 10.5.